The molecular formula is C14H16N2O. The second-order valence-corrected chi connectivity index (χ2v) is 4.11. The first-order valence-electron chi connectivity index (χ1n) is 5.85. The van der Waals surface area contributed by atoms with Crippen LogP contribution in [0.4, 0.5) is 0 Å². The zero-order valence-electron chi connectivity index (χ0n) is 9.89. The van der Waals surface area contributed by atoms with Crippen molar-refractivity contribution in [1.29, 1.82) is 0 Å². The van der Waals surface area contributed by atoms with Crippen LogP contribution < -0.4 is 5.73 Å². The highest BCUT2D eigenvalue weighted by molar-refractivity contribution is 6.08. The third-order valence-corrected chi connectivity index (χ3v) is 3.08. The van der Waals surface area contributed by atoms with Gasteiger partial charge in [-0.15, -0.1) is 0 Å². The fraction of sp³-hybridized carbons (Fsp3) is 0.286. The van der Waals surface area contributed by atoms with Gasteiger partial charge < -0.3 is 5.73 Å². The number of carbonyl (C=O) groups is 1. The monoisotopic (exact) mass is 228 g/mol. The first-order valence-corrected chi connectivity index (χ1v) is 5.85. The molecule has 0 fully saturated rings. The molecule has 88 valence electrons. The fourth-order valence-electron chi connectivity index (χ4n) is 1.99. The average molecular weight is 228 g/mol. The van der Waals surface area contributed by atoms with Gasteiger partial charge in [0.05, 0.1) is 0 Å². The number of nitrogens with zero attached hydrogens (tertiary/aromatic N) is 1. The number of rotatable bonds is 4. The van der Waals surface area contributed by atoms with Gasteiger partial charge in [-0.3, -0.25) is 9.78 Å². The molecule has 0 radical (unpaired) electrons. The lowest BCUT2D eigenvalue weighted by Gasteiger charge is -2.12. The van der Waals surface area contributed by atoms with E-state index in [0.717, 1.165) is 17.2 Å². The molecule has 1 atom stereocenters. The Hall–Kier alpha value is -1.74. The highest BCUT2D eigenvalue weighted by Crippen LogP contribution is 2.20. The highest BCUT2D eigenvalue weighted by Gasteiger charge is 2.18. The van der Waals surface area contributed by atoms with Gasteiger partial charge in [-0.05, 0) is 11.8 Å². The van der Waals surface area contributed by atoms with Crippen molar-refractivity contribution < 1.29 is 4.79 Å². The SMILES string of the molecule is CCC(CN)C(=O)c1cncc2ccccc12. The van der Waals surface area contributed by atoms with Crippen molar-refractivity contribution in [3.05, 3.63) is 42.2 Å². The van der Waals surface area contributed by atoms with E-state index in [4.69, 9.17) is 5.73 Å². The number of carbonyl (C=O) groups excluding carboxylic acids is 1. The molecule has 2 aromatic rings. The quantitative estimate of drug-likeness (QED) is 0.817. The molecule has 17 heavy (non-hydrogen) atoms. The van der Waals surface area contributed by atoms with Crippen molar-refractivity contribution in [3.63, 3.8) is 0 Å². The molecule has 0 aliphatic carbocycles. The number of fused-ring (bicyclic) bond motifs is 1. The molecule has 1 aromatic carbocycles. The first-order chi connectivity index (χ1) is 8.27. The number of ketones is 1. The lowest BCUT2D eigenvalue weighted by molar-refractivity contribution is 0.0923. The Morgan fingerprint density at radius 1 is 1.35 bits per heavy atom. The average Bonchev–Trinajstić information content (AvgIpc) is 2.39. The molecule has 0 saturated carbocycles. The minimum Gasteiger partial charge on any atom is -0.330 e. The van der Waals surface area contributed by atoms with Crippen LogP contribution in [0.3, 0.4) is 0 Å². The third kappa shape index (κ3) is 2.19. The van der Waals surface area contributed by atoms with Crippen molar-refractivity contribution >= 4 is 16.6 Å². The summed E-state index contributed by atoms with van der Waals surface area (Å²) in [6, 6.07) is 7.79. The largest absolute Gasteiger partial charge is 0.330 e. The van der Waals surface area contributed by atoms with Gasteiger partial charge in [-0.2, -0.15) is 0 Å². The van der Waals surface area contributed by atoms with Gasteiger partial charge in [0.15, 0.2) is 5.78 Å². The van der Waals surface area contributed by atoms with Gasteiger partial charge in [0.2, 0.25) is 0 Å². The molecule has 1 unspecified atom stereocenters. The van der Waals surface area contributed by atoms with Crippen molar-refractivity contribution in [2.24, 2.45) is 11.7 Å². The number of benzene rings is 1. The summed E-state index contributed by atoms with van der Waals surface area (Å²) in [7, 11) is 0. The maximum absolute atomic E-state index is 12.3. The molecule has 1 heterocycles. The molecule has 0 aliphatic heterocycles. The van der Waals surface area contributed by atoms with E-state index in [1.165, 1.54) is 0 Å². The zero-order chi connectivity index (χ0) is 12.3. The lowest BCUT2D eigenvalue weighted by Crippen LogP contribution is -2.23. The molecule has 1 aromatic heterocycles. The molecule has 2 rings (SSSR count). The maximum Gasteiger partial charge on any atom is 0.169 e. The summed E-state index contributed by atoms with van der Waals surface area (Å²) >= 11 is 0. The number of aromatic nitrogens is 1. The van der Waals surface area contributed by atoms with Crippen LogP contribution in [0.1, 0.15) is 23.7 Å². The standard InChI is InChI=1S/C14H16N2O/c1-2-10(7-15)14(17)13-9-16-8-11-5-3-4-6-12(11)13/h3-6,8-10H,2,7,15H2,1H3. The van der Waals surface area contributed by atoms with Crippen molar-refractivity contribution in [2.75, 3.05) is 6.54 Å². The summed E-state index contributed by atoms with van der Waals surface area (Å²) in [6.07, 6.45) is 4.18. The number of nitrogens with two attached hydrogens (primary N) is 1. The van der Waals surface area contributed by atoms with E-state index in [2.05, 4.69) is 4.98 Å². The molecule has 0 bridgehead atoms. The van der Waals surface area contributed by atoms with Gasteiger partial charge in [0.25, 0.3) is 0 Å². The summed E-state index contributed by atoms with van der Waals surface area (Å²) in [5.41, 5.74) is 6.31. The minimum atomic E-state index is -0.109. The van der Waals surface area contributed by atoms with E-state index < -0.39 is 0 Å². The van der Waals surface area contributed by atoms with Crippen LogP contribution in [0.2, 0.25) is 0 Å². The summed E-state index contributed by atoms with van der Waals surface area (Å²) < 4.78 is 0. The Morgan fingerprint density at radius 2 is 2.12 bits per heavy atom. The molecule has 3 nitrogen and oxygen atoms in total. The van der Waals surface area contributed by atoms with Crippen LogP contribution in [0, 0.1) is 5.92 Å². The normalized spacial score (nSPS) is 12.6. The predicted molar refractivity (Wildman–Crippen MR) is 68.9 cm³/mol. The minimum absolute atomic E-state index is 0.0966. The summed E-state index contributed by atoms with van der Waals surface area (Å²) in [5, 5.41) is 1.95. The second-order valence-electron chi connectivity index (χ2n) is 4.11. The van der Waals surface area contributed by atoms with E-state index in [9.17, 15) is 4.79 Å². The first kappa shape index (κ1) is 11.7. The summed E-state index contributed by atoms with van der Waals surface area (Å²) in [6.45, 7) is 2.37. The van der Waals surface area contributed by atoms with Crippen LogP contribution in [-0.2, 0) is 0 Å². The van der Waals surface area contributed by atoms with E-state index in [-0.39, 0.29) is 11.7 Å². The Balaban J connectivity index is 2.52. The van der Waals surface area contributed by atoms with Gasteiger partial charge in [-0.1, -0.05) is 31.2 Å². The molecule has 0 amide bonds. The summed E-state index contributed by atoms with van der Waals surface area (Å²) in [5.74, 6) is -0.0121. The third-order valence-electron chi connectivity index (χ3n) is 3.08. The fourth-order valence-corrected chi connectivity index (χ4v) is 1.99. The lowest BCUT2D eigenvalue weighted by atomic mass is 9.93. The van der Waals surface area contributed by atoms with Crippen LogP contribution in [0.5, 0.6) is 0 Å². The molecular weight excluding hydrogens is 212 g/mol. The van der Waals surface area contributed by atoms with E-state index in [1.807, 2.05) is 31.2 Å². The van der Waals surface area contributed by atoms with Crippen LogP contribution in [0.15, 0.2) is 36.7 Å². The number of hydrogen-bond acceptors (Lipinski definition) is 3. The van der Waals surface area contributed by atoms with E-state index in [1.54, 1.807) is 12.4 Å². The number of pyridine rings is 1. The van der Waals surface area contributed by atoms with Crippen LogP contribution in [0.25, 0.3) is 10.8 Å². The van der Waals surface area contributed by atoms with Crippen molar-refractivity contribution in [2.45, 2.75) is 13.3 Å². The second kappa shape index (κ2) is 5.06. The molecule has 3 heteroatoms. The highest BCUT2D eigenvalue weighted by atomic mass is 16.1. The van der Waals surface area contributed by atoms with E-state index >= 15 is 0 Å². The van der Waals surface area contributed by atoms with Crippen LogP contribution >= 0.6 is 0 Å². The smallest absolute Gasteiger partial charge is 0.169 e. The Morgan fingerprint density at radius 3 is 2.82 bits per heavy atom. The van der Waals surface area contributed by atoms with Gasteiger partial charge in [0, 0.05) is 35.8 Å². The number of Topliss-reactive ketones (excluding diaryl/α,β-unsaturated/α-hetero) is 1. The zero-order valence-corrected chi connectivity index (χ0v) is 9.89. The Kier molecular flexibility index (Phi) is 3.49. The molecule has 0 saturated heterocycles. The topological polar surface area (TPSA) is 56.0 Å². The number of hydrogen-bond donors (Lipinski definition) is 1. The molecule has 0 aliphatic rings. The summed E-state index contributed by atoms with van der Waals surface area (Å²) in [4.78, 5) is 16.4. The van der Waals surface area contributed by atoms with E-state index in [0.29, 0.717) is 12.1 Å². The van der Waals surface area contributed by atoms with Crippen molar-refractivity contribution in [1.82, 2.24) is 4.98 Å². The predicted octanol–water partition coefficient (Wildman–Crippen LogP) is 2.40. The van der Waals surface area contributed by atoms with Crippen LogP contribution in [-0.4, -0.2) is 17.3 Å². The van der Waals surface area contributed by atoms with Crippen molar-refractivity contribution in [3.8, 4) is 0 Å². The van der Waals surface area contributed by atoms with Gasteiger partial charge in [0.1, 0.15) is 0 Å². The van der Waals surface area contributed by atoms with Gasteiger partial charge in [-0.25, -0.2) is 0 Å². The maximum atomic E-state index is 12.3. The Bertz CT molecular complexity index is 527. The Labute approximate surface area is 101 Å². The molecule has 2 N–H and O–H groups in total. The molecule has 0 spiro atoms. The van der Waals surface area contributed by atoms with Gasteiger partial charge >= 0.3 is 0 Å².